The summed E-state index contributed by atoms with van der Waals surface area (Å²) in [7, 11) is -2.23. The van der Waals surface area contributed by atoms with E-state index in [0.717, 1.165) is 20.6 Å². The molecule has 0 amide bonds. The van der Waals surface area contributed by atoms with Crippen LogP contribution in [0.25, 0.3) is 0 Å². The predicted octanol–water partition coefficient (Wildman–Crippen LogP) is 0.801. The normalized spacial score (nSPS) is 11.9. The molecule has 0 saturated carbocycles. The van der Waals surface area contributed by atoms with Crippen LogP contribution in [0.4, 0.5) is 0 Å². The Hall–Kier alpha value is -0.990. The van der Waals surface area contributed by atoms with Crippen molar-refractivity contribution in [1.29, 1.82) is 0 Å². The topological polar surface area (TPSA) is 87.6 Å². The van der Waals surface area contributed by atoms with Crippen LogP contribution in [0.15, 0.2) is 10.4 Å². The van der Waals surface area contributed by atoms with Gasteiger partial charge in [0, 0.05) is 13.6 Å². The Morgan fingerprint density at radius 2 is 2.24 bits per heavy atom. The number of thiazole rings is 1. The van der Waals surface area contributed by atoms with Gasteiger partial charge < -0.3 is 5.11 Å². The molecule has 1 aromatic heterocycles. The lowest BCUT2D eigenvalue weighted by atomic mass is 10.4. The van der Waals surface area contributed by atoms with Crippen LogP contribution in [-0.4, -0.2) is 42.4 Å². The number of carbonyl (C=O) groups is 1. The molecule has 0 spiro atoms. The van der Waals surface area contributed by atoms with E-state index < -0.39 is 16.0 Å². The number of aryl methyl sites for hydroxylation is 1. The van der Waals surface area contributed by atoms with Gasteiger partial charge in [-0.15, -0.1) is 11.3 Å². The van der Waals surface area contributed by atoms with Gasteiger partial charge in [0.15, 0.2) is 4.21 Å². The zero-order valence-corrected chi connectivity index (χ0v) is 11.2. The van der Waals surface area contributed by atoms with E-state index in [-0.39, 0.29) is 17.2 Å². The molecule has 0 aliphatic rings. The third-order valence-electron chi connectivity index (χ3n) is 2.14. The van der Waals surface area contributed by atoms with Gasteiger partial charge in [-0.25, -0.2) is 13.4 Å². The number of carboxylic acid groups (broad SMARTS) is 1. The molecular formula is C9H14N2O4S2. The van der Waals surface area contributed by atoms with Crippen LogP contribution in [0.1, 0.15) is 18.4 Å². The summed E-state index contributed by atoms with van der Waals surface area (Å²) in [5.74, 6) is -1.02. The lowest BCUT2D eigenvalue weighted by Crippen LogP contribution is -2.28. The number of carboxylic acids is 1. The summed E-state index contributed by atoms with van der Waals surface area (Å²) in [4.78, 5) is 14.4. The summed E-state index contributed by atoms with van der Waals surface area (Å²) < 4.78 is 25.1. The summed E-state index contributed by atoms with van der Waals surface area (Å²) in [6.45, 7) is 1.85. The number of aliphatic carboxylic acids is 1. The van der Waals surface area contributed by atoms with Crippen LogP contribution in [0.2, 0.25) is 0 Å². The molecule has 0 saturated heterocycles. The first kappa shape index (κ1) is 14.1. The van der Waals surface area contributed by atoms with Gasteiger partial charge in [-0.1, -0.05) is 6.92 Å². The Balaban J connectivity index is 2.83. The van der Waals surface area contributed by atoms with Gasteiger partial charge in [0.05, 0.1) is 17.6 Å². The van der Waals surface area contributed by atoms with E-state index in [4.69, 9.17) is 5.11 Å². The molecule has 0 radical (unpaired) electrons. The number of sulfonamides is 1. The zero-order chi connectivity index (χ0) is 13.1. The third-order valence-corrected chi connectivity index (χ3v) is 5.58. The molecule has 1 heterocycles. The summed E-state index contributed by atoms with van der Waals surface area (Å²) in [5, 5.41) is 9.26. The van der Waals surface area contributed by atoms with Gasteiger partial charge in [-0.2, -0.15) is 4.31 Å². The molecule has 0 aliphatic carbocycles. The van der Waals surface area contributed by atoms with Crippen molar-refractivity contribution in [2.24, 2.45) is 0 Å². The summed E-state index contributed by atoms with van der Waals surface area (Å²) in [6.07, 6.45) is 1.78. The van der Waals surface area contributed by atoms with E-state index in [9.17, 15) is 13.2 Å². The number of hydrogen-bond acceptors (Lipinski definition) is 5. The van der Waals surface area contributed by atoms with Gasteiger partial charge in [0.25, 0.3) is 10.0 Å². The quantitative estimate of drug-likeness (QED) is 0.831. The second-order valence-electron chi connectivity index (χ2n) is 3.40. The van der Waals surface area contributed by atoms with Gasteiger partial charge in [-0.05, 0) is 6.42 Å². The number of aromatic nitrogens is 1. The highest BCUT2D eigenvalue weighted by Gasteiger charge is 2.23. The van der Waals surface area contributed by atoms with Crippen LogP contribution in [0.3, 0.4) is 0 Å². The van der Waals surface area contributed by atoms with Crippen LogP contribution in [0, 0.1) is 0 Å². The average Bonchev–Trinajstić information content (AvgIpc) is 2.74. The lowest BCUT2D eigenvalue weighted by Gasteiger charge is -2.14. The van der Waals surface area contributed by atoms with Crippen molar-refractivity contribution < 1.29 is 18.3 Å². The maximum Gasteiger partial charge on any atom is 0.304 e. The fraction of sp³-hybridized carbons (Fsp3) is 0.556. The second-order valence-corrected chi connectivity index (χ2v) is 6.78. The van der Waals surface area contributed by atoms with E-state index >= 15 is 0 Å². The highest BCUT2D eigenvalue weighted by molar-refractivity contribution is 7.91. The molecule has 0 fully saturated rings. The first-order chi connectivity index (χ1) is 7.87. The molecule has 0 unspecified atom stereocenters. The minimum atomic E-state index is -3.60. The predicted molar refractivity (Wildman–Crippen MR) is 63.6 cm³/mol. The summed E-state index contributed by atoms with van der Waals surface area (Å²) in [5.41, 5.74) is 0. The van der Waals surface area contributed by atoms with Crippen molar-refractivity contribution in [3.63, 3.8) is 0 Å². The molecule has 0 aliphatic heterocycles. The average molecular weight is 278 g/mol. The fourth-order valence-electron chi connectivity index (χ4n) is 1.10. The Morgan fingerprint density at radius 1 is 1.59 bits per heavy atom. The molecule has 96 valence electrons. The van der Waals surface area contributed by atoms with Gasteiger partial charge in [0.2, 0.25) is 0 Å². The summed E-state index contributed by atoms with van der Waals surface area (Å²) >= 11 is 1.11. The smallest absolute Gasteiger partial charge is 0.304 e. The maximum atomic E-state index is 12.0. The van der Waals surface area contributed by atoms with E-state index in [1.165, 1.54) is 13.2 Å². The van der Waals surface area contributed by atoms with Crippen molar-refractivity contribution in [2.45, 2.75) is 24.0 Å². The lowest BCUT2D eigenvalue weighted by molar-refractivity contribution is -0.137. The van der Waals surface area contributed by atoms with Crippen LogP contribution >= 0.6 is 11.3 Å². The molecule has 1 rings (SSSR count). The Morgan fingerprint density at radius 3 is 2.71 bits per heavy atom. The summed E-state index contributed by atoms with van der Waals surface area (Å²) in [6, 6.07) is 0. The van der Waals surface area contributed by atoms with Crippen LogP contribution in [0.5, 0.6) is 0 Å². The maximum absolute atomic E-state index is 12.0. The van der Waals surface area contributed by atoms with Crippen molar-refractivity contribution in [2.75, 3.05) is 13.6 Å². The standard InChI is InChI=1S/C9H14N2O4S2/c1-3-7-10-6-9(16-7)17(14,15)11(2)5-4-8(12)13/h6H,3-5H2,1-2H3,(H,12,13). The Kier molecular flexibility index (Phi) is 4.61. The van der Waals surface area contributed by atoms with Crippen molar-refractivity contribution in [1.82, 2.24) is 9.29 Å². The van der Waals surface area contributed by atoms with E-state index in [1.54, 1.807) is 0 Å². The zero-order valence-electron chi connectivity index (χ0n) is 9.58. The first-order valence-corrected chi connectivity index (χ1v) is 7.26. The van der Waals surface area contributed by atoms with Gasteiger partial charge >= 0.3 is 5.97 Å². The number of rotatable bonds is 6. The van der Waals surface area contributed by atoms with E-state index in [0.29, 0.717) is 6.42 Å². The fourth-order valence-corrected chi connectivity index (χ4v) is 3.61. The highest BCUT2D eigenvalue weighted by atomic mass is 32.2. The minimum Gasteiger partial charge on any atom is -0.481 e. The second kappa shape index (κ2) is 5.56. The molecule has 0 bridgehead atoms. The van der Waals surface area contributed by atoms with E-state index in [2.05, 4.69) is 4.98 Å². The van der Waals surface area contributed by atoms with Crippen molar-refractivity contribution >= 4 is 27.3 Å². The van der Waals surface area contributed by atoms with E-state index in [1.807, 2.05) is 6.92 Å². The third kappa shape index (κ3) is 3.48. The number of hydrogen-bond donors (Lipinski definition) is 1. The molecule has 1 aromatic rings. The number of nitrogens with zero attached hydrogens (tertiary/aromatic N) is 2. The molecule has 8 heteroatoms. The molecule has 1 N–H and O–H groups in total. The molecule has 0 aromatic carbocycles. The van der Waals surface area contributed by atoms with Crippen molar-refractivity contribution in [3.8, 4) is 0 Å². The van der Waals surface area contributed by atoms with Crippen molar-refractivity contribution in [3.05, 3.63) is 11.2 Å². The first-order valence-electron chi connectivity index (χ1n) is 5.00. The monoisotopic (exact) mass is 278 g/mol. The minimum absolute atomic E-state index is 0.0446. The van der Waals surface area contributed by atoms with Gasteiger partial charge in [-0.3, -0.25) is 4.79 Å². The highest BCUT2D eigenvalue weighted by Crippen LogP contribution is 2.22. The van der Waals surface area contributed by atoms with Gasteiger partial charge in [0.1, 0.15) is 0 Å². The molecule has 17 heavy (non-hydrogen) atoms. The van der Waals surface area contributed by atoms with Crippen LogP contribution < -0.4 is 0 Å². The molecule has 0 atom stereocenters. The molecular weight excluding hydrogens is 264 g/mol. The molecule has 6 nitrogen and oxygen atoms in total. The Bertz CT molecular complexity index is 495. The SMILES string of the molecule is CCc1ncc(S(=O)(=O)N(C)CCC(=O)O)s1. The Labute approximate surface area is 104 Å². The largest absolute Gasteiger partial charge is 0.481 e. The van der Waals surface area contributed by atoms with Crippen LogP contribution in [-0.2, 0) is 21.2 Å².